The Morgan fingerprint density at radius 1 is 1.03 bits per heavy atom. The molecule has 3 rings (SSSR count). The van der Waals surface area contributed by atoms with Crippen LogP contribution in [-0.2, 0) is 19.6 Å². The highest BCUT2D eigenvalue weighted by molar-refractivity contribution is 7.92. The molecule has 0 radical (unpaired) electrons. The van der Waals surface area contributed by atoms with Gasteiger partial charge in [-0.05, 0) is 60.2 Å². The summed E-state index contributed by atoms with van der Waals surface area (Å²) in [6.45, 7) is -0.697. The van der Waals surface area contributed by atoms with Gasteiger partial charge in [-0.15, -0.1) is 0 Å². The molecular formula is C25H25ClN4O6S. The fourth-order valence-corrected chi connectivity index (χ4v) is 4.12. The van der Waals surface area contributed by atoms with Crippen molar-refractivity contribution in [1.82, 2.24) is 5.43 Å². The lowest BCUT2D eigenvalue weighted by atomic mass is 10.2. The van der Waals surface area contributed by atoms with Crippen molar-refractivity contribution in [3.8, 4) is 11.5 Å². The Morgan fingerprint density at radius 3 is 2.38 bits per heavy atom. The Bertz CT molecular complexity index is 1370. The van der Waals surface area contributed by atoms with Crippen molar-refractivity contribution in [2.45, 2.75) is 0 Å². The molecule has 0 saturated carbocycles. The number of methoxy groups -OCH3 is 1. The first-order chi connectivity index (χ1) is 17.7. The molecule has 0 bridgehead atoms. The molecule has 0 aliphatic carbocycles. The number of hydrogen-bond donors (Lipinski definition) is 2. The minimum Gasteiger partial charge on any atom is -0.495 e. The van der Waals surface area contributed by atoms with Crippen LogP contribution in [0.1, 0.15) is 5.56 Å². The summed E-state index contributed by atoms with van der Waals surface area (Å²) in [5.74, 6) is -0.249. The van der Waals surface area contributed by atoms with Crippen molar-refractivity contribution < 1.29 is 27.5 Å². The van der Waals surface area contributed by atoms with Crippen LogP contribution in [0.3, 0.4) is 0 Å². The number of anilines is 2. The number of nitrogens with zero attached hydrogens (tertiary/aromatic N) is 2. The monoisotopic (exact) mass is 544 g/mol. The van der Waals surface area contributed by atoms with Crippen molar-refractivity contribution in [2.24, 2.45) is 5.10 Å². The summed E-state index contributed by atoms with van der Waals surface area (Å²) in [4.78, 5) is 24.4. The van der Waals surface area contributed by atoms with Crippen molar-refractivity contribution in [3.63, 3.8) is 0 Å². The van der Waals surface area contributed by atoms with E-state index in [1.54, 1.807) is 42.5 Å². The average Bonchev–Trinajstić information content (AvgIpc) is 2.87. The molecule has 0 atom stereocenters. The topological polar surface area (TPSA) is 126 Å². The van der Waals surface area contributed by atoms with Gasteiger partial charge in [-0.2, -0.15) is 5.10 Å². The van der Waals surface area contributed by atoms with E-state index in [9.17, 15) is 18.0 Å². The summed E-state index contributed by atoms with van der Waals surface area (Å²) >= 11 is 6.01. The summed E-state index contributed by atoms with van der Waals surface area (Å²) in [5, 5.41) is 6.88. The molecule has 2 amide bonds. The maximum atomic E-state index is 12.4. The van der Waals surface area contributed by atoms with Crippen molar-refractivity contribution in [1.29, 1.82) is 0 Å². The molecule has 10 nitrogen and oxygen atoms in total. The van der Waals surface area contributed by atoms with Crippen LogP contribution in [0, 0.1) is 0 Å². The third-order valence-corrected chi connectivity index (χ3v) is 6.17. The lowest BCUT2D eigenvalue weighted by Gasteiger charge is -2.23. The normalized spacial score (nSPS) is 11.1. The highest BCUT2D eigenvalue weighted by atomic mass is 35.5. The van der Waals surface area contributed by atoms with E-state index >= 15 is 0 Å². The maximum absolute atomic E-state index is 12.4. The fourth-order valence-electron chi connectivity index (χ4n) is 3.10. The number of hydrogen-bond acceptors (Lipinski definition) is 7. The summed E-state index contributed by atoms with van der Waals surface area (Å²) in [6, 6.07) is 20.1. The van der Waals surface area contributed by atoms with Gasteiger partial charge in [0.25, 0.3) is 11.8 Å². The summed E-state index contributed by atoms with van der Waals surface area (Å²) in [7, 11) is -2.45. The predicted octanol–water partition coefficient (Wildman–Crippen LogP) is 3.28. The van der Waals surface area contributed by atoms with Crippen LogP contribution < -0.4 is 24.5 Å². The van der Waals surface area contributed by atoms with Crippen LogP contribution in [0.2, 0.25) is 5.02 Å². The zero-order valence-corrected chi connectivity index (χ0v) is 21.6. The van der Waals surface area contributed by atoms with E-state index in [-0.39, 0.29) is 29.0 Å². The van der Waals surface area contributed by atoms with Gasteiger partial charge in [-0.3, -0.25) is 13.9 Å². The molecule has 3 aromatic rings. The number of benzene rings is 3. The molecule has 0 spiro atoms. The largest absolute Gasteiger partial charge is 0.495 e. The first-order valence-corrected chi connectivity index (χ1v) is 13.1. The summed E-state index contributed by atoms with van der Waals surface area (Å²) in [6.07, 6.45) is 2.35. The van der Waals surface area contributed by atoms with Gasteiger partial charge in [-0.1, -0.05) is 29.8 Å². The maximum Gasteiger partial charge on any atom is 0.262 e. The van der Waals surface area contributed by atoms with Crippen molar-refractivity contribution in [3.05, 3.63) is 83.4 Å². The van der Waals surface area contributed by atoms with E-state index in [4.69, 9.17) is 21.1 Å². The second kappa shape index (κ2) is 12.7. The summed E-state index contributed by atoms with van der Waals surface area (Å²) < 4.78 is 36.2. The van der Waals surface area contributed by atoms with Gasteiger partial charge in [0.15, 0.2) is 6.61 Å². The zero-order valence-electron chi connectivity index (χ0n) is 20.0. The Labute approximate surface area is 219 Å². The highest BCUT2D eigenvalue weighted by Crippen LogP contribution is 2.32. The van der Waals surface area contributed by atoms with Gasteiger partial charge in [-0.25, -0.2) is 13.8 Å². The molecule has 0 heterocycles. The predicted molar refractivity (Wildman–Crippen MR) is 143 cm³/mol. The molecule has 37 heavy (non-hydrogen) atoms. The zero-order chi connectivity index (χ0) is 26.8. The Kier molecular flexibility index (Phi) is 9.47. The van der Waals surface area contributed by atoms with E-state index in [2.05, 4.69) is 15.8 Å². The van der Waals surface area contributed by atoms with E-state index in [1.165, 1.54) is 25.5 Å². The fraction of sp³-hybridized carbons (Fsp3) is 0.160. The van der Waals surface area contributed by atoms with Crippen LogP contribution in [0.5, 0.6) is 11.5 Å². The quantitative estimate of drug-likeness (QED) is 0.282. The number of hydrazone groups is 1. The number of para-hydroxylation sites is 1. The van der Waals surface area contributed by atoms with E-state index in [0.29, 0.717) is 17.0 Å². The number of sulfonamides is 1. The van der Waals surface area contributed by atoms with Gasteiger partial charge in [0.05, 0.1) is 25.3 Å². The standard InChI is InChI=1S/C25H25ClN4O6S/c1-35-23-13-10-19(26)14-22(23)30(37(2,33)34)16-24(31)29-27-15-18-8-11-21(12-9-18)36-17-25(32)28-20-6-4-3-5-7-20/h3-15H,16-17H2,1-2H3,(H,28,32)(H,29,31)/b27-15-. The van der Waals surface area contributed by atoms with Crippen LogP contribution in [0.15, 0.2) is 77.9 Å². The average molecular weight is 545 g/mol. The lowest BCUT2D eigenvalue weighted by molar-refractivity contribution is -0.119. The number of halogens is 1. The van der Waals surface area contributed by atoms with Gasteiger partial charge in [0, 0.05) is 10.7 Å². The molecule has 3 aromatic carbocycles. The minimum absolute atomic E-state index is 0.129. The Morgan fingerprint density at radius 2 is 1.73 bits per heavy atom. The molecule has 0 fully saturated rings. The molecule has 0 aliphatic rings. The van der Waals surface area contributed by atoms with Gasteiger partial charge in [0.1, 0.15) is 18.0 Å². The van der Waals surface area contributed by atoms with Gasteiger partial charge >= 0.3 is 0 Å². The van der Waals surface area contributed by atoms with Crippen LogP contribution in [0.25, 0.3) is 0 Å². The molecule has 0 unspecified atom stereocenters. The van der Waals surface area contributed by atoms with Crippen molar-refractivity contribution >= 4 is 51.0 Å². The Balaban J connectivity index is 1.54. The smallest absolute Gasteiger partial charge is 0.262 e. The number of carbonyl (C=O) groups is 2. The number of rotatable bonds is 11. The first kappa shape index (κ1) is 27.5. The molecular weight excluding hydrogens is 520 g/mol. The third kappa shape index (κ3) is 8.51. The molecule has 0 aliphatic heterocycles. The van der Waals surface area contributed by atoms with Crippen LogP contribution in [-0.4, -0.2) is 53.0 Å². The lowest BCUT2D eigenvalue weighted by Crippen LogP contribution is -2.39. The second-order valence-electron chi connectivity index (χ2n) is 7.65. The summed E-state index contributed by atoms with van der Waals surface area (Å²) in [5.41, 5.74) is 3.74. The number of carbonyl (C=O) groups excluding carboxylic acids is 2. The number of ether oxygens (including phenoxy) is 2. The second-order valence-corrected chi connectivity index (χ2v) is 9.99. The molecule has 12 heteroatoms. The van der Waals surface area contributed by atoms with Crippen LogP contribution in [0.4, 0.5) is 11.4 Å². The Hall–Kier alpha value is -4.09. The van der Waals surface area contributed by atoms with E-state index < -0.39 is 22.5 Å². The van der Waals surface area contributed by atoms with Gasteiger partial charge in [0.2, 0.25) is 10.0 Å². The molecule has 0 aromatic heterocycles. The minimum atomic E-state index is -3.83. The highest BCUT2D eigenvalue weighted by Gasteiger charge is 2.24. The van der Waals surface area contributed by atoms with Crippen LogP contribution >= 0.6 is 11.6 Å². The van der Waals surface area contributed by atoms with Crippen molar-refractivity contribution in [2.75, 3.05) is 36.1 Å². The SMILES string of the molecule is COc1ccc(Cl)cc1N(CC(=O)N/N=C\c1ccc(OCC(=O)Nc2ccccc2)cc1)S(C)(=O)=O. The van der Waals surface area contributed by atoms with E-state index in [1.807, 2.05) is 18.2 Å². The molecule has 2 N–H and O–H groups in total. The number of nitrogens with one attached hydrogen (secondary N) is 2. The number of amides is 2. The first-order valence-electron chi connectivity index (χ1n) is 10.9. The van der Waals surface area contributed by atoms with Gasteiger partial charge < -0.3 is 14.8 Å². The molecule has 0 saturated heterocycles. The third-order valence-electron chi connectivity index (χ3n) is 4.81. The van der Waals surface area contributed by atoms with E-state index in [0.717, 1.165) is 10.6 Å². The molecule has 194 valence electrons.